The van der Waals surface area contributed by atoms with Crippen LogP contribution in [0.15, 0.2) is 12.1 Å². The number of amides is 1. The zero-order valence-electron chi connectivity index (χ0n) is 15.4. The highest BCUT2D eigenvalue weighted by Crippen LogP contribution is 2.28. The number of hydrogen-bond acceptors (Lipinski definition) is 3. The van der Waals surface area contributed by atoms with Gasteiger partial charge in [-0.3, -0.25) is 4.79 Å². The normalized spacial score (nSPS) is 13.5. The highest BCUT2D eigenvalue weighted by molar-refractivity contribution is 5.97. The van der Waals surface area contributed by atoms with Gasteiger partial charge in [-0.05, 0) is 56.9 Å². The maximum Gasteiger partial charge on any atom is 0.256 e. The lowest BCUT2D eigenvalue weighted by Gasteiger charge is -2.27. The van der Waals surface area contributed by atoms with Crippen molar-refractivity contribution in [1.82, 2.24) is 0 Å². The molecule has 0 aromatic heterocycles. The van der Waals surface area contributed by atoms with Crippen LogP contribution in [0.25, 0.3) is 0 Å². The van der Waals surface area contributed by atoms with Crippen LogP contribution in [0.3, 0.4) is 0 Å². The zero-order chi connectivity index (χ0) is 17.5. The fraction of sp³-hybridized carbons (Fsp3) is 0.632. The molecule has 0 saturated heterocycles. The molecule has 0 spiro atoms. The Kier molecular flexibility index (Phi) is 7.56. The quantitative estimate of drug-likeness (QED) is 0.721. The van der Waals surface area contributed by atoms with Crippen molar-refractivity contribution in [1.29, 1.82) is 0 Å². The Morgan fingerprint density at radius 3 is 2.26 bits per heavy atom. The number of rotatable bonds is 9. The van der Waals surface area contributed by atoms with E-state index in [0.717, 1.165) is 41.8 Å². The number of methoxy groups -OCH3 is 1. The highest BCUT2D eigenvalue weighted by atomic mass is 16.5. The smallest absolute Gasteiger partial charge is 0.256 e. The Labute approximate surface area is 140 Å². The average Bonchev–Trinajstić information content (AvgIpc) is 2.51. The first-order valence-corrected chi connectivity index (χ1v) is 8.48. The molecule has 1 unspecified atom stereocenters. The predicted octanol–water partition coefficient (Wildman–Crippen LogP) is 4.63. The lowest BCUT2D eigenvalue weighted by molar-refractivity contribution is -0.136. The molecule has 23 heavy (non-hydrogen) atoms. The van der Waals surface area contributed by atoms with Crippen molar-refractivity contribution in [2.45, 2.75) is 65.9 Å². The molecule has 1 aromatic rings. The Morgan fingerprint density at radius 1 is 1.17 bits per heavy atom. The molecular weight excluding hydrogens is 290 g/mol. The molecule has 0 aliphatic heterocycles. The first kappa shape index (κ1) is 19.5. The summed E-state index contributed by atoms with van der Waals surface area (Å²) in [5.74, 6) is 0.805. The third-order valence-electron chi connectivity index (χ3n) is 4.11. The van der Waals surface area contributed by atoms with Crippen LogP contribution >= 0.6 is 0 Å². The largest absolute Gasteiger partial charge is 0.493 e. The fourth-order valence-corrected chi connectivity index (χ4v) is 2.54. The summed E-state index contributed by atoms with van der Waals surface area (Å²) in [7, 11) is 1.59. The zero-order valence-corrected chi connectivity index (χ0v) is 15.4. The number of unbranched alkanes of at least 4 members (excludes halogenated alkanes) is 1. The molecule has 1 rings (SSSR count). The van der Waals surface area contributed by atoms with Crippen LogP contribution in [0.2, 0.25) is 0 Å². The Morgan fingerprint density at radius 2 is 1.78 bits per heavy atom. The molecule has 1 aromatic carbocycles. The molecule has 1 atom stereocenters. The number of anilines is 1. The number of hydrogen-bond donors (Lipinski definition) is 1. The minimum absolute atomic E-state index is 0.102. The van der Waals surface area contributed by atoms with Crippen molar-refractivity contribution in [2.24, 2.45) is 0 Å². The predicted molar refractivity (Wildman–Crippen MR) is 95.3 cm³/mol. The van der Waals surface area contributed by atoms with E-state index in [4.69, 9.17) is 9.47 Å². The Hall–Kier alpha value is -1.55. The SMILES string of the molecule is CCCCC(C)(OC)C(=O)Nc1cc(C)c(OCCC)c(C)c1. The van der Waals surface area contributed by atoms with Crippen LogP contribution < -0.4 is 10.1 Å². The lowest BCUT2D eigenvalue weighted by Crippen LogP contribution is -2.41. The molecule has 4 heteroatoms. The second-order valence-electron chi connectivity index (χ2n) is 6.28. The summed E-state index contributed by atoms with van der Waals surface area (Å²) in [6.45, 7) is 10.7. The summed E-state index contributed by atoms with van der Waals surface area (Å²) in [6, 6.07) is 3.90. The average molecular weight is 321 g/mol. The van der Waals surface area contributed by atoms with Crippen molar-refractivity contribution in [3.63, 3.8) is 0 Å². The van der Waals surface area contributed by atoms with Crippen LogP contribution in [0.1, 0.15) is 57.6 Å². The molecule has 0 saturated carbocycles. The molecule has 0 bridgehead atoms. The number of ether oxygens (including phenoxy) is 2. The van der Waals surface area contributed by atoms with E-state index >= 15 is 0 Å². The van der Waals surface area contributed by atoms with Crippen LogP contribution in [0.5, 0.6) is 5.75 Å². The van der Waals surface area contributed by atoms with E-state index < -0.39 is 5.60 Å². The van der Waals surface area contributed by atoms with Crippen LogP contribution in [-0.4, -0.2) is 25.2 Å². The first-order chi connectivity index (χ1) is 10.9. The summed E-state index contributed by atoms with van der Waals surface area (Å²) >= 11 is 0. The van der Waals surface area contributed by atoms with E-state index in [2.05, 4.69) is 19.2 Å². The van der Waals surface area contributed by atoms with Crippen molar-refractivity contribution in [3.05, 3.63) is 23.3 Å². The number of nitrogens with one attached hydrogen (secondary N) is 1. The first-order valence-electron chi connectivity index (χ1n) is 8.48. The van der Waals surface area contributed by atoms with E-state index in [9.17, 15) is 4.79 Å². The molecular formula is C19H31NO3. The van der Waals surface area contributed by atoms with E-state index in [1.807, 2.05) is 32.9 Å². The second-order valence-corrected chi connectivity index (χ2v) is 6.28. The van der Waals surface area contributed by atoms with Gasteiger partial charge in [0.15, 0.2) is 0 Å². The van der Waals surface area contributed by atoms with Gasteiger partial charge < -0.3 is 14.8 Å². The minimum atomic E-state index is -0.796. The molecule has 1 N–H and O–H groups in total. The maximum absolute atomic E-state index is 12.6. The summed E-state index contributed by atoms with van der Waals surface area (Å²) in [5, 5.41) is 2.99. The van der Waals surface area contributed by atoms with E-state index in [-0.39, 0.29) is 5.91 Å². The molecule has 0 aliphatic carbocycles. The molecule has 0 aliphatic rings. The van der Waals surface area contributed by atoms with Gasteiger partial charge in [0.1, 0.15) is 11.4 Å². The number of benzene rings is 1. The van der Waals surface area contributed by atoms with Gasteiger partial charge >= 0.3 is 0 Å². The van der Waals surface area contributed by atoms with Gasteiger partial charge in [0.25, 0.3) is 5.91 Å². The summed E-state index contributed by atoms with van der Waals surface area (Å²) in [5.41, 5.74) is 2.05. The topological polar surface area (TPSA) is 47.6 Å². The minimum Gasteiger partial charge on any atom is -0.493 e. The lowest BCUT2D eigenvalue weighted by atomic mass is 9.97. The molecule has 0 fully saturated rings. The Balaban J connectivity index is 2.89. The van der Waals surface area contributed by atoms with Gasteiger partial charge in [0.05, 0.1) is 6.61 Å². The van der Waals surface area contributed by atoms with Gasteiger partial charge in [-0.2, -0.15) is 0 Å². The van der Waals surface area contributed by atoms with Crippen LogP contribution in [-0.2, 0) is 9.53 Å². The monoisotopic (exact) mass is 321 g/mol. The van der Waals surface area contributed by atoms with E-state index in [1.165, 1.54) is 0 Å². The van der Waals surface area contributed by atoms with Gasteiger partial charge in [-0.25, -0.2) is 0 Å². The van der Waals surface area contributed by atoms with Gasteiger partial charge in [0, 0.05) is 12.8 Å². The second kappa shape index (κ2) is 8.92. The maximum atomic E-state index is 12.6. The van der Waals surface area contributed by atoms with Gasteiger partial charge in [0.2, 0.25) is 0 Å². The van der Waals surface area contributed by atoms with Crippen LogP contribution in [0.4, 0.5) is 5.69 Å². The fourth-order valence-electron chi connectivity index (χ4n) is 2.54. The molecule has 0 heterocycles. The van der Waals surface area contributed by atoms with Crippen LogP contribution in [0, 0.1) is 13.8 Å². The van der Waals surface area contributed by atoms with Crippen molar-refractivity contribution >= 4 is 11.6 Å². The third kappa shape index (κ3) is 5.24. The standard InChI is InChI=1S/C19H31NO3/c1-7-9-10-19(5,22-6)18(21)20-16-12-14(3)17(15(4)13-16)23-11-8-2/h12-13H,7-11H2,1-6H3,(H,20,21). The summed E-state index contributed by atoms with van der Waals surface area (Å²) in [4.78, 5) is 12.6. The molecule has 0 radical (unpaired) electrons. The number of aryl methyl sites for hydroxylation is 2. The number of carbonyl (C=O) groups excluding carboxylic acids is 1. The Bertz CT molecular complexity index is 504. The van der Waals surface area contributed by atoms with Gasteiger partial charge in [-0.1, -0.05) is 26.7 Å². The molecule has 4 nitrogen and oxygen atoms in total. The highest BCUT2D eigenvalue weighted by Gasteiger charge is 2.32. The summed E-state index contributed by atoms with van der Waals surface area (Å²) in [6.07, 6.45) is 3.68. The summed E-state index contributed by atoms with van der Waals surface area (Å²) < 4.78 is 11.3. The van der Waals surface area contributed by atoms with Crippen molar-refractivity contribution in [3.8, 4) is 5.75 Å². The van der Waals surface area contributed by atoms with Crippen molar-refractivity contribution < 1.29 is 14.3 Å². The van der Waals surface area contributed by atoms with Crippen molar-refractivity contribution in [2.75, 3.05) is 19.0 Å². The molecule has 130 valence electrons. The van der Waals surface area contributed by atoms with E-state index in [1.54, 1.807) is 7.11 Å². The molecule has 1 amide bonds. The van der Waals surface area contributed by atoms with E-state index in [0.29, 0.717) is 13.0 Å². The number of carbonyl (C=O) groups is 1. The van der Waals surface area contributed by atoms with Gasteiger partial charge in [-0.15, -0.1) is 0 Å². The third-order valence-corrected chi connectivity index (χ3v) is 4.11.